The van der Waals surface area contributed by atoms with Gasteiger partial charge in [0.1, 0.15) is 0 Å². The van der Waals surface area contributed by atoms with Crippen LogP contribution in [0.4, 0.5) is 0 Å². The van der Waals surface area contributed by atoms with E-state index in [-0.39, 0.29) is 22.6 Å². The first-order valence-electron chi connectivity index (χ1n) is 12.9. The fraction of sp³-hybridized carbons (Fsp3) is 0.692. The van der Waals surface area contributed by atoms with Crippen LogP contribution >= 0.6 is 0 Å². The van der Waals surface area contributed by atoms with E-state index >= 15 is 0 Å². The number of benzene rings is 1. The Morgan fingerprint density at radius 1 is 0.824 bits per heavy atom. The third kappa shape index (κ3) is 5.18. The molecule has 3 aliphatic heterocycles. The predicted octanol–water partition coefficient (Wildman–Crippen LogP) is 3.59. The maximum Gasteiger partial charge on any atom is 0.253 e. The van der Waals surface area contributed by atoms with Crippen molar-refractivity contribution in [1.29, 1.82) is 0 Å². The van der Waals surface area contributed by atoms with E-state index in [0.29, 0.717) is 56.1 Å². The molecule has 8 heteroatoms. The van der Waals surface area contributed by atoms with Gasteiger partial charge < -0.3 is 9.80 Å². The summed E-state index contributed by atoms with van der Waals surface area (Å²) in [4.78, 5) is 30.2. The van der Waals surface area contributed by atoms with Gasteiger partial charge in [-0.05, 0) is 88.0 Å². The maximum atomic E-state index is 13.4. The summed E-state index contributed by atoms with van der Waals surface area (Å²) < 4.78 is 28.5. The van der Waals surface area contributed by atoms with Crippen molar-refractivity contribution in [2.24, 2.45) is 11.8 Å². The van der Waals surface area contributed by atoms with E-state index in [1.54, 1.807) is 21.3 Å². The van der Waals surface area contributed by atoms with Crippen molar-refractivity contribution in [1.82, 2.24) is 14.1 Å². The number of rotatable bonds is 4. The van der Waals surface area contributed by atoms with Gasteiger partial charge >= 0.3 is 0 Å². The van der Waals surface area contributed by atoms with Crippen molar-refractivity contribution in [2.75, 3.05) is 39.3 Å². The Morgan fingerprint density at radius 3 is 2.06 bits per heavy atom. The third-order valence-electron chi connectivity index (χ3n) is 8.03. The van der Waals surface area contributed by atoms with Crippen LogP contribution in [0, 0.1) is 25.7 Å². The Hall–Kier alpha value is -1.93. The van der Waals surface area contributed by atoms with Crippen molar-refractivity contribution >= 4 is 21.8 Å². The highest BCUT2D eigenvalue weighted by molar-refractivity contribution is 7.89. The summed E-state index contributed by atoms with van der Waals surface area (Å²) in [5.74, 6) is 0.615. The number of hydrogen-bond acceptors (Lipinski definition) is 4. The quantitative estimate of drug-likeness (QED) is 0.648. The van der Waals surface area contributed by atoms with Gasteiger partial charge in [0.2, 0.25) is 15.9 Å². The Bertz CT molecular complexity index is 1020. The minimum atomic E-state index is -3.65. The Balaban J connectivity index is 1.47. The summed E-state index contributed by atoms with van der Waals surface area (Å²) in [6.45, 7) is 9.67. The summed E-state index contributed by atoms with van der Waals surface area (Å²) in [5.41, 5.74) is 1.94. The number of carbonyl (C=O) groups is 2. The number of carbonyl (C=O) groups excluding carboxylic acids is 2. The topological polar surface area (TPSA) is 78.0 Å². The molecule has 4 rings (SSSR count). The number of sulfonamides is 1. The van der Waals surface area contributed by atoms with Crippen LogP contribution < -0.4 is 0 Å². The van der Waals surface area contributed by atoms with Gasteiger partial charge in [-0.2, -0.15) is 4.31 Å². The molecule has 3 saturated heterocycles. The van der Waals surface area contributed by atoms with E-state index in [4.69, 9.17) is 0 Å². The lowest BCUT2D eigenvalue weighted by Crippen LogP contribution is -2.45. The smallest absolute Gasteiger partial charge is 0.253 e. The van der Waals surface area contributed by atoms with Crippen LogP contribution in [0.25, 0.3) is 0 Å². The predicted molar refractivity (Wildman–Crippen MR) is 132 cm³/mol. The average molecular weight is 490 g/mol. The van der Waals surface area contributed by atoms with Crippen LogP contribution in [0.2, 0.25) is 0 Å². The highest BCUT2D eigenvalue weighted by Crippen LogP contribution is 2.29. The standard InChI is InChI=1S/C26H39N3O4S/c1-19-7-15-29(16-8-19)34(32,33)24-18-23(17-20(2)21(24)3)26(31)28-13-9-22(10-14-28)25(30)27-11-5-4-6-12-27/h17-19,22H,4-16H2,1-3H3. The molecular weight excluding hydrogens is 450 g/mol. The van der Waals surface area contributed by atoms with E-state index in [1.807, 2.05) is 18.7 Å². The van der Waals surface area contributed by atoms with E-state index in [9.17, 15) is 18.0 Å². The molecule has 0 saturated carbocycles. The highest BCUT2D eigenvalue weighted by Gasteiger charge is 2.33. The molecule has 0 bridgehead atoms. The largest absolute Gasteiger partial charge is 0.342 e. The number of aryl methyl sites for hydroxylation is 1. The molecule has 1 aromatic rings. The van der Waals surface area contributed by atoms with Gasteiger partial charge in [0.15, 0.2) is 0 Å². The molecule has 3 aliphatic rings. The van der Waals surface area contributed by atoms with Crippen molar-refractivity contribution in [3.8, 4) is 0 Å². The summed E-state index contributed by atoms with van der Waals surface area (Å²) in [6.07, 6.45) is 6.42. The van der Waals surface area contributed by atoms with Crippen LogP contribution in [0.5, 0.6) is 0 Å². The highest BCUT2D eigenvalue weighted by atomic mass is 32.2. The molecule has 0 radical (unpaired) electrons. The number of amides is 2. The second-order valence-electron chi connectivity index (χ2n) is 10.5. The zero-order valence-corrected chi connectivity index (χ0v) is 21.7. The van der Waals surface area contributed by atoms with Crippen LogP contribution in [-0.4, -0.2) is 73.6 Å². The van der Waals surface area contributed by atoms with Gasteiger partial charge in [0.25, 0.3) is 5.91 Å². The minimum absolute atomic E-state index is 0.0145. The van der Waals surface area contributed by atoms with Gasteiger partial charge in [-0.3, -0.25) is 9.59 Å². The van der Waals surface area contributed by atoms with Crippen molar-refractivity contribution < 1.29 is 18.0 Å². The summed E-state index contributed by atoms with van der Waals surface area (Å²) >= 11 is 0. The zero-order chi connectivity index (χ0) is 24.5. The fourth-order valence-corrected chi connectivity index (χ4v) is 7.26. The lowest BCUT2D eigenvalue weighted by atomic mass is 9.93. The number of piperidine rings is 3. The van der Waals surface area contributed by atoms with E-state index in [2.05, 4.69) is 6.92 Å². The Kier molecular flexibility index (Phi) is 7.67. The first-order chi connectivity index (χ1) is 16.2. The van der Waals surface area contributed by atoms with Gasteiger partial charge in [-0.15, -0.1) is 0 Å². The molecule has 2 amide bonds. The van der Waals surface area contributed by atoms with Crippen LogP contribution in [0.15, 0.2) is 17.0 Å². The fourth-order valence-electron chi connectivity index (χ4n) is 5.47. The molecule has 34 heavy (non-hydrogen) atoms. The average Bonchev–Trinajstić information content (AvgIpc) is 2.85. The second kappa shape index (κ2) is 10.4. The van der Waals surface area contributed by atoms with Gasteiger partial charge in [0, 0.05) is 50.7 Å². The molecular formula is C26H39N3O4S. The second-order valence-corrected chi connectivity index (χ2v) is 12.4. The lowest BCUT2D eigenvalue weighted by molar-refractivity contribution is -0.137. The van der Waals surface area contributed by atoms with Crippen molar-refractivity contribution in [2.45, 2.75) is 70.6 Å². The molecule has 7 nitrogen and oxygen atoms in total. The van der Waals surface area contributed by atoms with Crippen molar-refractivity contribution in [3.05, 3.63) is 28.8 Å². The lowest BCUT2D eigenvalue weighted by Gasteiger charge is -2.35. The molecule has 188 valence electrons. The first-order valence-corrected chi connectivity index (χ1v) is 14.3. The molecule has 3 fully saturated rings. The molecule has 3 heterocycles. The van der Waals surface area contributed by atoms with Gasteiger partial charge in [0.05, 0.1) is 4.90 Å². The molecule has 0 N–H and O–H groups in total. The van der Waals surface area contributed by atoms with Gasteiger partial charge in [-0.1, -0.05) is 6.92 Å². The summed E-state index contributed by atoms with van der Waals surface area (Å²) in [5, 5.41) is 0. The Labute approximate surface area is 204 Å². The van der Waals surface area contributed by atoms with Crippen molar-refractivity contribution in [3.63, 3.8) is 0 Å². The number of nitrogens with zero attached hydrogens (tertiary/aromatic N) is 3. The number of likely N-dealkylation sites (tertiary alicyclic amines) is 2. The van der Waals surface area contributed by atoms with Gasteiger partial charge in [-0.25, -0.2) is 8.42 Å². The molecule has 0 aromatic heterocycles. The monoisotopic (exact) mass is 489 g/mol. The molecule has 0 atom stereocenters. The van der Waals surface area contributed by atoms with E-state index < -0.39 is 10.0 Å². The minimum Gasteiger partial charge on any atom is -0.342 e. The summed E-state index contributed by atoms with van der Waals surface area (Å²) in [7, 11) is -3.65. The number of hydrogen-bond donors (Lipinski definition) is 0. The van der Waals surface area contributed by atoms with Crippen LogP contribution in [-0.2, 0) is 14.8 Å². The molecule has 0 unspecified atom stereocenters. The summed E-state index contributed by atoms with van der Waals surface area (Å²) in [6, 6.07) is 3.38. The molecule has 1 aromatic carbocycles. The van der Waals surface area contributed by atoms with E-state index in [1.165, 1.54) is 6.42 Å². The van der Waals surface area contributed by atoms with E-state index in [0.717, 1.165) is 44.3 Å². The van der Waals surface area contributed by atoms with Crippen LogP contribution in [0.3, 0.4) is 0 Å². The molecule has 0 spiro atoms. The zero-order valence-electron chi connectivity index (χ0n) is 20.9. The first kappa shape index (κ1) is 25.2. The normalized spacial score (nSPS) is 21.6. The SMILES string of the molecule is Cc1cc(C(=O)N2CCC(C(=O)N3CCCCC3)CC2)cc(S(=O)(=O)N2CCC(C)CC2)c1C. The maximum absolute atomic E-state index is 13.4. The molecule has 0 aliphatic carbocycles. The Morgan fingerprint density at radius 2 is 1.44 bits per heavy atom. The van der Waals surface area contributed by atoms with Crippen LogP contribution in [0.1, 0.15) is 73.4 Å². The third-order valence-corrected chi connectivity index (χ3v) is 10.1.